The molecule has 106 valence electrons. The molecule has 6 nitrogen and oxygen atoms in total. The molecule has 0 aliphatic carbocycles. The molecule has 0 heterocycles. The van der Waals surface area contributed by atoms with Crippen LogP contribution in [0.2, 0.25) is 0 Å². The van der Waals surface area contributed by atoms with E-state index in [2.05, 4.69) is 5.43 Å². The SMILES string of the molecule is CCOC(=O)C(CC)NN(C)C(=O)OC(C)(C)C. The van der Waals surface area contributed by atoms with E-state index in [4.69, 9.17) is 9.47 Å². The van der Waals surface area contributed by atoms with Gasteiger partial charge in [-0.1, -0.05) is 6.92 Å². The van der Waals surface area contributed by atoms with Gasteiger partial charge in [0.2, 0.25) is 0 Å². The van der Waals surface area contributed by atoms with Crippen molar-refractivity contribution in [2.45, 2.75) is 52.7 Å². The van der Waals surface area contributed by atoms with Crippen molar-refractivity contribution in [1.82, 2.24) is 10.4 Å². The number of amides is 1. The first-order valence-electron chi connectivity index (χ1n) is 6.10. The topological polar surface area (TPSA) is 67.9 Å². The van der Waals surface area contributed by atoms with Gasteiger partial charge in [0.25, 0.3) is 0 Å². The van der Waals surface area contributed by atoms with E-state index in [1.54, 1.807) is 27.7 Å². The molecule has 0 spiro atoms. The van der Waals surface area contributed by atoms with Crippen molar-refractivity contribution in [3.05, 3.63) is 0 Å². The highest BCUT2D eigenvalue weighted by Gasteiger charge is 2.24. The number of rotatable bonds is 5. The molecule has 1 atom stereocenters. The third kappa shape index (κ3) is 6.44. The normalized spacial score (nSPS) is 12.8. The maximum absolute atomic E-state index is 11.7. The summed E-state index contributed by atoms with van der Waals surface area (Å²) in [4.78, 5) is 23.2. The second-order valence-corrected chi connectivity index (χ2v) is 4.88. The van der Waals surface area contributed by atoms with E-state index in [-0.39, 0.29) is 5.97 Å². The molecule has 0 saturated heterocycles. The molecule has 0 aromatic rings. The zero-order valence-electron chi connectivity index (χ0n) is 12.1. The van der Waals surface area contributed by atoms with Crippen LogP contribution in [-0.4, -0.2) is 42.4 Å². The van der Waals surface area contributed by atoms with Gasteiger partial charge < -0.3 is 9.47 Å². The molecule has 0 saturated carbocycles. The molecule has 0 aliphatic heterocycles. The van der Waals surface area contributed by atoms with Crippen molar-refractivity contribution in [1.29, 1.82) is 0 Å². The molecule has 1 unspecified atom stereocenters. The molecule has 0 aromatic heterocycles. The zero-order valence-corrected chi connectivity index (χ0v) is 12.1. The first-order chi connectivity index (χ1) is 8.21. The van der Waals surface area contributed by atoms with Crippen molar-refractivity contribution < 1.29 is 19.1 Å². The summed E-state index contributed by atoms with van der Waals surface area (Å²) < 4.78 is 10.1. The predicted octanol–water partition coefficient (Wildman–Crippen LogP) is 1.70. The Kier molecular flexibility index (Phi) is 6.68. The number of ether oxygens (including phenoxy) is 2. The Morgan fingerprint density at radius 3 is 2.22 bits per heavy atom. The quantitative estimate of drug-likeness (QED) is 0.602. The van der Waals surface area contributed by atoms with Crippen molar-refractivity contribution >= 4 is 12.1 Å². The van der Waals surface area contributed by atoms with E-state index in [0.29, 0.717) is 13.0 Å². The smallest absolute Gasteiger partial charge is 0.424 e. The predicted molar refractivity (Wildman–Crippen MR) is 67.8 cm³/mol. The Morgan fingerprint density at radius 2 is 1.83 bits per heavy atom. The molecule has 0 bridgehead atoms. The Hall–Kier alpha value is -1.30. The van der Waals surface area contributed by atoms with Crippen LogP contribution in [-0.2, 0) is 14.3 Å². The highest BCUT2D eigenvalue weighted by atomic mass is 16.6. The van der Waals surface area contributed by atoms with E-state index >= 15 is 0 Å². The number of hydrogen-bond acceptors (Lipinski definition) is 5. The van der Waals surface area contributed by atoms with Crippen LogP contribution in [0.25, 0.3) is 0 Å². The maximum atomic E-state index is 11.7. The zero-order chi connectivity index (χ0) is 14.3. The average Bonchev–Trinajstić information content (AvgIpc) is 2.23. The minimum absolute atomic E-state index is 0.313. The molecule has 0 aliphatic rings. The van der Waals surface area contributed by atoms with Crippen molar-refractivity contribution in [3.63, 3.8) is 0 Å². The number of esters is 1. The largest absolute Gasteiger partial charge is 0.465 e. The van der Waals surface area contributed by atoms with Crippen LogP contribution in [0.5, 0.6) is 0 Å². The van der Waals surface area contributed by atoms with Gasteiger partial charge >= 0.3 is 12.1 Å². The van der Waals surface area contributed by atoms with E-state index in [0.717, 1.165) is 5.01 Å². The summed E-state index contributed by atoms with van der Waals surface area (Å²) in [7, 11) is 1.51. The van der Waals surface area contributed by atoms with Crippen LogP contribution in [0.15, 0.2) is 0 Å². The lowest BCUT2D eigenvalue weighted by Gasteiger charge is -2.27. The van der Waals surface area contributed by atoms with Gasteiger partial charge in [-0.3, -0.25) is 4.79 Å². The van der Waals surface area contributed by atoms with Gasteiger partial charge in [0.1, 0.15) is 11.6 Å². The molecular weight excluding hydrogens is 236 g/mol. The number of nitrogens with one attached hydrogen (secondary N) is 1. The van der Waals surface area contributed by atoms with Gasteiger partial charge in [-0.2, -0.15) is 0 Å². The molecule has 1 N–H and O–H groups in total. The maximum Gasteiger partial charge on any atom is 0.424 e. The highest BCUT2D eigenvalue weighted by molar-refractivity contribution is 5.76. The fourth-order valence-electron chi connectivity index (χ4n) is 1.17. The summed E-state index contributed by atoms with van der Waals surface area (Å²) in [5.74, 6) is -0.379. The first kappa shape index (κ1) is 16.7. The van der Waals surface area contributed by atoms with Gasteiger partial charge in [-0.05, 0) is 34.1 Å². The Labute approximate surface area is 109 Å². The van der Waals surface area contributed by atoms with Crippen LogP contribution < -0.4 is 5.43 Å². The average molecular weight is 260 g/mol. The third-order valence-electron chi connectivity index (χ3n) is 2.00. The standard InChI is InChI=1S/C12H24N2O4/c1-7-9(10(15)17-8-2)13-14(6)11(16)18-12(3,4)5/h9,13H,7-8H2,1-6H3. The second kappa shape index (κ2) is 7.20. The van der Waals surface area contributed by atoms with Gasteiger partial charge in [0.05, 0.1) is 6.61 Å². The molecule has 0 rings (SSSR count). The van der Waals surface area contributed by atoms with E-state index < -0.39 is 17.7 Å². The van der Waals surface area contributed by atoms with Gasteiger partial charge in [0.15, 0.2) is 0 Å². The summed E-state index contributed by atoms with van der Waals surface area (Å²) in [5, 5.41) is 1.16. The number of hydrazine groups is 1. The van der Waals surface area contributed by atoms with Crippen LogP contribution >= 0.6 is 0 Å². The Bertz CT molecular complexity index is 286. The second-order valence-electron chi connectivity index (χ2n) is 4.88. The van der Waals surface area contributed by atoms with Crippen molar-refractivity contribution in [2.75, 3.05) is 13.7 Å². The number of hydrogen-bond donors (Lipinski definition) is 1. The first-order valence-corrected chi connectivity index (χ1v) is 6.10. The molecule has 6 heteroatoms. The van der Waals surface area contributed by atoms with Crippen LogP contribution in [0.1, 0.15) is 41.0 Å². The lowest BCUT2D eigenvalue weighted by Crippen LogP contribution is -2.50. The third-order valence-corrected chi connectivity index (χ3v) is 2.00. The molecule has 0 fully saturated rings. The minimum atomic E-state index is -0.571. The van der Waals surface area contributed by atoms with Crippen LogP contribution in [0.3, 0.4) is 0 Å². The van der Waals surface area contributed by atoms with Gasteiger partial charge in [0, 0.05) is 7.05 Å². The summed E-state index contributed by atoms with van der Waals surface area (Å²) >= 11 is 0. The lowest BCUT2D eigenvalue weighted by atomic mass is 10.2. The van der Waals surface area contributed by atoms with Gasteiger partial charge in [-0.25, -0.2) is 15.2 Å². The molecule has 1 amide bonds. The fraction of sp³-hybridized carbons (Fsp3) is 0.833. The monoisotopic (exact) mass is 260 g/mol. The lowest BCUT2D eigenvalue weighted by molar-refractivity contribution is -0.147. The number of carbonyl (C=O) groups excluding carboxylic acids is 2. The highest BCUT2D eigenvalue weighted by Crippen LogP contribution is 2.08. The number of carbonyl (C=O) groups is 2. The van der Waals surface area contributed by atoms with E-state index in [9.17, 15) is 9.59 Å². The fourth-order valence-corrected chi connectivity index (χ4v) is 1.17. The van der Waals surface area contributed by atoms with E-state index in [1.165, 1.54) is 7.05 Å². The molecule has 0 radical (unpaired) electrons. The molecule has 18 heavy (non-hydrogen) atoms. The van der Waals surface area contributed by atoms with Crippen molar-refractivity contribution in [2.24, 2.45) is 0 Å². The minimum Gasteiger partial charge on any atom is -0.465 e. The van der Waals surface area contributed by atoms with Crippen LogP contribution in [0, 0.1) is 0 Å². The van der Waals surface area contributed by atoms with Crippen molar-refractivity contribution in [3.8, 4) is 0 Å². The molecule has 0 aromatic carbocycles. The number of nitrogens with zero attached hydrogens (tertiary/aromatic N) is 1. The summed E-state index contributed by atoms with van der Waals surface area (Å²) in [6.45, 7) is 9.22. The van der Waals surface area contributed by atoms with E-state index in [1.807, 2.05) is 6.92 Å². The summed E-state index contributed by atoms with van der Waals surface area (Å²) in [6.07, 6.45) is -0.0170. The Morgan fingerprint density at radius 1 is 1.28 bits per heavy atom. The Balaban J connectivity index is 4.39. The summed E-state index contributed by atoms with van der Waals surface area (Å²) in [5.41, 5.74) is 2.19. The summed E-state index contributed by atoms with van der Waals surface area (Å²) in [6, 6.07) is -0.553. The van der Waals surface area contributed by atoms with Gasteiger partial charge in [-0.15, -0.1) is 0 Å². The van der Waals surface area contributed by atoms with Crippen LogP contribution in [0.4, 0.5) is 4.79 Å². The molecular formula is C12H24N2O4.